The summed E-state index contributed by atoms with van der Waals surface area (Å²) in [6.45, 7) is 0.156. The van der Waals surface area contributed by atoms with Crippen LogP contribution in [0.5, 0.6) is 0 Å². The van der Waals surface area contributed by atoms with Crippen molar-refractivity contribution in [3.8, 4) is 0 Å². The number of aromatic amines is 1. The molecule has 1 aliphatic heterocycles. The Morgan fingerprint density at radius 2 is 1.83 bits per heavy atom. The summed E-state index contributed by atoms with van der Waals surface area (Å²) in [6.07, 6.45) is 0. The van der Waals surface area contributed by atoms with Gasteiger partial charge in [-0.15, -0.1) is 0 Å². The van der Waals surface area contributed by atoms with Crippen LogP contribution >= 0.6 is 0 Å². The number of aromatic nitrogens is 1. The van der Waals surface area contributed by atoms with Crippen LogP contribution < -0.4 is 4.90 Å². The highest BCUT2D eigenvalue weighted by atomic mass is 16.4. The van der Waals surface area contributed by atoms with E-state index in [1.807, 2.05) is 30.3 Å². The number of aliphatic carboxylic acids is 1. The Bertz CT molecular complexity index is 896. The van der Waals surface area contributed by atoms with Gasteiger partial charge >= 0.3 is 5.97 Å². The van der Waals surface area contributed by atoms with Crippen LogP contribution in [0.4, 0.5) is 5.69 Å². The molecule has 0 saturated carbocycles. The van der Waals surface area contributed by atoms with Crippen LogP contribution in [0.2, 0.25) is 0 Å². The van der Waals surface area contributed by atoms with E-state index in [4.69, 9.17) is 0 Å². The second-order valence-electron chi connectivity index (χ2n) is 5.64. The monoisotopic (exact) mass is 306 g/mol. The predicted octanol–water partition coefficient (Wildman–Crippen LogP) is 3.00. The van der Waals surface area contributed by atoms with Crippen molar-refractivity contribution in [3.05, 3.63) is 65.9 Å². The number of anilines is 1. The van der Waals surface area contributed by atoms with Gasteiger partial charge in [0.2, 0.25) is 0 Å². The predicted molar refractivity (Wildman–Crippen MR) is 86.8 cm³/mol. The van der Waals surface area contributed by atoms with Gasteiger partial charge in [-0.25, -0.2) is 0 Å². The molecule has 0 aliphatic carbocycles. The molecule has 4 rings (SSSR count). The lowest BCUT2D eigenvalue weighted by molar-refractivity contribution is -0.138. The van der Waals surface area contributed by atoms with Crippen LogP contribution in [0.3, 0.4) is 0 Å². The van der Waals surface area contributed by atoms with Gasteiger partial charge in [0.05, 0.1) is 0 Å². The lowest BCUT2D eigenvalue weighted by Crippen LogP contribution is -2.31. The Hall–Kier alpha value is -3.08. The fourth-order valence-electron chi connectivity index (χ4n) is 3.14. The number of para-hydroxylation sites is 2. The summed E-state index contributed by atoms with van der Waals surface area (Å²) >= 11 is 0. The van der Waals surface area contributed by atoms with Crippen molar-refractivity contribution in [2.45, 2.75) is 5.92 Å². The first-order chi connectivity index (χ1) is 11.1. The highest BCUT2D eigenvalue weighted by molar-refractivity contribution is 6.09. The SMILES string of the molecule is O=C(O)C1CN(C(=O)c2cc3ccccc3[nH]2)c2ccccc21. The summed E-state index contributed by atoms with van der Waals surface area (Å²) < 4.78 is 0. The third-order valence-corrected chi connectivity index (χ3v) is 4.27. The normalized spacial score (nSPS) is 16.5. The van der Waals surface area contributed by atoms with Crippen molar-refractivity contribution < 1.29 is 14.7 Å². The third kappa shape index (κ3) is 2.09. The smallest absolute Gasteiger partial charge is 0.312 e. The maximum atomic E-state index is 12.8. The second-order valence-corrected chi connectivity index (χ2v) is 5.64. The third-order valence-electron chi connectivity index (χ3n) is 4.27. The maximum absolute atomic E-state index is 12.8. The van der Waals surface area contributed by atoms with Gasteiger partial charge in [-0.3, -0.25) is 9.59 Å². The van der Waals surface area contributed by atoms with E-state index in [2.05, 4.69) is 4.98 Å². The number of nitrogens with zero attached hydrogens (tertiary/aromatic N) is 1. The van der Waals surface area contributed by atoms with Gasteiger partial charge in [0, 0.05) is 23.1 Å². The molecule has 0 saturated heterocycles. The first-order valence-electron chi connectivity index (χ1n) is 7.36. The Labute approximate surface area is 132 Å². The molecule has 0 spiro atoms. The molecule has 5 heteroatoms. The summed E-state index contributed by atoms with van der Waals surface area (Å²) in [6, 6.07) is 16.6. The van der Waals surface area contributed by atoms with E-state index in [-0.39, 0.29) is 12.5 Å². The number of rotatable bonds is 2. The van der Waals surface area contributed by atoms with Gasteiger partial charge < -0.3 is 15.0 Å². The average Bonchev–Trinajstić information content (AvgIpc) is 3.16. The van der Waals surface area contributed by atoms with E-state index < -0.39 is 11.9 Å². The number of carbonyl (C=O) groups is 2. The fraction of sp³-hybridized carbons (Fsp3) is 0.111. The van der Waals surface area contributed by atoms with Crippen molar-refractivity contribution in [1.29, 1.82) is 0 Å². The van der Waals surface area contributed by atoms with E-state index in [1.165, 1.54) is 0 Å². The number of nitrogens with one attached hydrogen (secondary N) is 1. The first kappa shape index (κ1) is 13.6. The molecule has 2 heterocycles. The molecule has 1 atom stereocenters. The number of hydrogen-bond donors (Lipinski definition) is 2. The van der Waals surface area contributed by atoms with E-state index >= 15 is 0 Å². The summed E-state index contributed by atoms with van der Waals surface area (Å²) in [4.78, 5) is 29.0. The zero-order valence-corrected chi connectivity index (χ0v) is 12.2. The number of H-pyrrole nitrogens is 1. The van der Waals surface area contributed by atoms with Crippen LogP contribution in [0.1, 0.15) is 22.0 Å². The van der Waals surface area contributed by atoms with E-state index in [1.54, 1.807) is 29.2 Å². The molecule has 0 fully saturated rings. The highest BCUT2D eigenvalue weighted by Gasteiger charge is 2.36. The van der Waals surface area contributed by atoms with Gasteiger partial charge in [0.1, 0.15) is 11.6 Å². The first-order valence-corrected chi connectivity index (χ1v) is 7.36. The topological polar surface area (TPSA) is 73.4 Å². The molecule has 2 aromatic carbocycles. The summed E-state index contributed by atoms with van der Waals surface area (Å²) in [5, 5.41) is 10.4. The van der Waals surface area contributed by atoms with Crippen LogP contribution in [0.15, 0.2) is 54.6 Å². The van der Waals surface area contributed by atoms with Gasteiger partial charge in [-0.2, -0.15) is 0 Å². The van der Waals surface area contributed by atoms with Crippen molar-refractivity contribution in [2.75, 3.05) is 11.4 Å². The average molecular weight is 306 g/mol. The molecule has 1 unspecified atom stereocenters. The van der Waals surface area contributed by atoms with E-state index in [0.717, 1.165) is 10.9 Å². The number of benzene rings is 2. The number of carbonyl (C=O) groups excluding carboxylic acids is 1. The zero-order chi connectivity index (χ0) is 16.0. The van der Waals surface area contributed by atoms with E-state index in [0.29, 0.717) is 16.9 Å². The molecule has 2 N–H and O–H groups in total. The highest BCUT2D eigenvalue weighted by Crippen LogP contribution is 2.37. The molecule has 114 valence electrons. The minimum Gasteiger partial charge on any atom is -0.481 e. The fourth-order valence-corrected chi connectivity index (χ4v) is 3.14. The van der Waals surface area contributed by atoms with Crippen molar-refractivity contribution in [2.24, 2.45) is 0 Å². The minimum atomic E-state index is -0.913. The van der Waals surface area contributed by atoms with Gasteiger partial charge in [0.25, 0.3) is 5.91 Å². The molecule has 3 aromatic rings. The van der Waals surface area contributed by atoms with Crippen LogP contribution in [-0.2, 0) is 4.79 Å². The number of hydrogen-bond acceptors (Lipinski definition) is 2. The number of fused-ring (bicyclic) bond motifs is 2. The molecule has 1 aromatic heterocycles. The molecule has 0 radical (unpaired) electrons. The molecule has 1 amide bonds. The standard InChI is InChI=1S/C18H14N2O3/c21-17(15-9-11-5-1-3-7-14(11)19-15)20-10-13(18(22)23)12-6-2-4-8-16(12)20/h1-9,13,19H,10H2,(H,22,23). The Morgan fingerprint density at radius 3 is 2.61 bits per heavy atom. The minimum absolute atomic E-state index is 0.156. The van der Waals surface area contributed by atoms with Crippen molar-refractivity contribution >= 4 is 28.5 Å². The molecule has 5 nitrogen and oxygen atoms in total. The molecule has 1 aliphatic rings. The van der Waals surface area contributed by atoms with Crippen molar-refractivity contribution in [1.82, 2.24) is 4.98 Å². The largest absolute Gasteiger partial charge is 0.481 e. The molecule has 0 bridgehead atoms. The number of carboxylic acid groups (broad SMARTS) is 1. The Kier molecular flexibility index (Phi) is 2.94. The zero-order valence-electron chi connectivity index (χ0n) is 12.2. The van der Waals surface area contributed by atoms with Gasteiger partial charge in [0.15, 0.2) is 0 Å². The molecular formula is C18H14N2O3. The quantitative estimate of drug-likeness (QED) is 0.764. The summed E-state index contributed by atoms with van der Waals surface area (Å²) in [7, 11) is 0. The van der Waals surface area contributed by atoms with Crippen LogP contribution in [0, 0.1) is 0 Å². The second kappa shape index (κ2) is 4.98. The van der Waals surface area contributed by atoms with E-state index in [9.17, 15) is 14.7 Å². The maximum Gasteiger partial charge on any atom is 0.312 e. The Balaban J connectivity index is 1.75. The number of carboxylic acids is 1. The lowest BCUT2D eigenvalue weighted by Gasteiger charge is -2.16. The molecular weight excluding hydrogens is 292 g/mol. The van der Waals surface area contributed by atoms with Gasteiger partial charge in [-0.05, 0) is 23.8 Å². The van der Waals surface area contributed by atoms with Crippen LogP contribution in [0.25, 0.3) is 10.9 Å². The van der Waals surface area contributed by atoms with Crippen LogP contribution in [-0.4, -0.2) is 28.5 Å². The molecule has 23 heavy (non-hydrogen) atoms. The number of amides is 1. The van der Waals surface area contributed by atoms with Crippen molar-refractivity contribution in [3.63, 3.8) is 0 Å². The Morgan fingerprint density at radius 1 is 1.09 bits per heavy atom. The summed E-state index contributed by atoms with van der Waals surface area (Å²) in [5.74, 6) is -1.80. The van der Waals surface area contributed by atoms with Gasteiger partial charge in [-0.1, -0.05) is 36.4 Å². The summed E-state index contributed by atoms with van der Waals surface area (Å²) in [5.41, 5.74) is 2.71. The lowest BCUT2D eigenvalue weighted by atomic mass is 10.0.